The number of fused-ring (bicyclic) bond motifs is 1. The molecule has 1 aliphatic heterocycles. The van der Waals surface area contributed by atoms with Crippen molar-refractivity contribution >= 4 is 28.6 Å². The van der Waals surface area contributed by atoms with Crippen LogP contribution in [0.15, 0.2) is 66.7 Å². The molecule has 7 heteroatoms. The van der Waals surface area contributed by atoms with Crippen LogP contribution in [-0.2, 0) is 21.5 Å². The number of amides is 4. The number of imide groups is 1. The number of hydrogen-bond donors (Lipinski definition) is 2. The molecule has 0 aromatic heterocycles. The van der Waals surface area contributed by atoms with Gasteiger partial charge in [0, 0.05) is 0 Å². The summed E-state index contributed by atoms with van der Waals surface area (Å²) in [5, 5.41) is 5.38. The first-order valence-corrected chi connectivity index (χ1v) is 9.50. The third-order valence-electron chi connectivity index (χ3n) is 5.31. The number of carbonyl (C=O) groups excluding carboxylic acids is 3. The predicted octanol–water partition coefficient (Wildman–Crippen LogP) is 2.89. The van der Waals surface area contributed by atoms with Gasteiger partial charge in [-0.05, 0) is 41.0 Å². The normalized spacial score (nSPS) is 18.4. The van der Waals surface area contributed by atoms with Gasteiger partial charge in [-0.15, -0.1) is 0 Å². The molecule has 0 spiro atoms. The Kier molecular flexibility index (Phi) is 4.87. The molecular formula is C23H21N3O4. The van der Waals surface area contributed by atoms with Crippen molar-refractivity contribution in [3.63, 3.8) is 0 Å². The SMILES string of the molecule is COc1cccc([C@]2(C)NC(=O)N(NC(=O)Cc3cccc4ccccc34)C2=O)c1. The molecule has 0 radical (unpaired) electrons. The zero-order chi connectivity index (χ0) is 21.3. The molecule has 2 N–H and O–H groups in total. The van der Waals surface area contributed by atoms with Gasteiger partial charge in [-0.1, -0.05) is 54.6 Å². The zero-order valence-electron chi connectivity index (χ0n) is 16.6. The number of nitrogens with zero attached hydrogens (tertiary/aromatic N) is 1. The van der Waals surface area contributed by atoms with Crippen molar-refractivity contribution in [1.29, 1.82) is 0 Å². The number of carbonyl (C=O) groups is 3. The van der Waals surface area contributed by atoms with Crippen LogP contribution in [0.5, 0.6) is 5.75 Å². The molecule has 0 saturated carbocycles. The largest absolute Gasteiger partial charge is 0.497 e. The van der Waals surface area contributed by atoms with Crippen LogP contribution < -0.4 is 15.5 Å². The van der Waals surface area contributed by atoms with E-state index in [-0.39, 0.29) is 6.42 Å². The lowest BCUT2D eigenvalue weighted by Gasteiger charge is -2.22. The highest BCUT2D eigenvalue weighted by atomic mass is 16.5. The van der Waals surface area contributed by atoms with Crippen molar-refractivity contribution < 1.29 is 19.1 Å². The van der Waals surface area contributed by atoms with Crippen LogP contribution in [0, 0.1) is 0 Å². The second-order valence-electron chi connectivity index (χ2n) is 7.28. The summed E-state index contributed by atoms with van der Waals surface area (Å²) in [5.41, 5.74) is 2.51. The smallest absolute Gasteiger partial charge is 0.344 e. The molecule has 1 heterocycles. The molecule has 0 aliphatic carbocycles. The Morgan fingerprint density at radius 1 is 1.07 bits per heavy atom. The highest BCUT2D eigenvalue weighted by molar-refractivity contribution is 6.08. The number of ether oxygens (including phenoxy) is 1. The number of hydrazine groups is 1. The van der Waals surface area contributed by atoms with Crippen LogP contribution in [0.1, 0.15) is 18.1 Å². The van der Waals surface area contributed by atoms with Crippen LogP contribution in [0.4, 0.5) is 4.79 Å². The molecular weight excluding hydrogens is 382 g/mol. The number of hydrogen-bond acceptors (Lipinski definition) is 4. The first kappa shape index (κ1) is 19.4. The Bertz CT molecular complexity index is 1150. The zero-order valence-corrected chi connectivity index (χ0v) is 16.6. The standard InChI is InChI=1S/C23H21N3O4/c1-23(17-10-6-11-18(14-17)30-2)21(28)26(22(29)24-23)25-20(27)13-16-9-5-8-15-7-3-4-12-19(15)16/h3-12,14H,13H2,1-2H3,(H,24,29)(H,25,27)/t23-/m0/s1. The van der Waals surface area contributed by atoms with Crippen LogP contribution in [0.3, 0.4) is 0 Å². The van der Waals surface area contributed by atoms with Crippen LogP contribution in [-0.4, -0.2) is 30.0 Å². The van der Waals surface area contributed by atoms with Crippen LogP contribution in [0.2, 0.25) is 0 Å². The maximum Gasteiger partial charge on any atom is 0.344 e. The molecule has 4 rings (SSSR count). The minimum absolute atomic E-state index is 0.0360. The highest BCUT2D eigenvalue weighted by Crippen LogP contribution is 2.30. The molecule has 3 aromatic carbocycles. The fourth-order valence-corrected chi connectivity index (χ4v) is 3.65. The number of methoxy groups -OCH3 is 1. The molecule has 4 amide bonds. The molecule has 1 fully saturated rings. The van der Waals surface area contributed by atoms with E-state index >= 15 is 0 Å². The first-order valence-electron chi connectivity index (χ1n) is 9.50. The second kappa shape index (κ2) is 7.51. The first-order chi connectivity index (χ1) is 14.4. The van der Waals surface area contributed by atoms with E-state index in [9.17, 15) is 14.4 Å². The lowest BCUT2D eigenvalue weighted by molar-refractivity contribution is -0.138. The summed E-state index contributed by atoms with van der Waals surface area (Å²) in [7, 11) is 1.52. The van der Waals surface area contributed by atoms with E-state index in [1.807, 2.05) is 42.5 Å². The van der Waals surface area contributed by atoms with Crippen LogP contribution in [0.25, 0.3) is 10.8 Å². The summed E-state index contributed by atoms with van der Waals surface area (Å²) in [6.45, 7) is 1.60. The highest BCUT2D eigenvalue weighted by Gasteiger charge is 2.50. The van der Waals surface area contributed by atoms with Crippen molar-refractivity contribution in [2.75, 3.05) is 7.11 Å². The fraction of sp³-hybridized carbons (Fsp3) is 0.174. The average molecular weight is 403 g/mol. The van der Waals surface area contributed by atoms with E-state index < -0.39 is 23.4 Å². The molecule has 3 aromatic rings. The Labute approximate surface area is 173 Å². The van der Waals surface area contributed by atoms with E-state index in [2.05, 4.69) is 10.7 Å². The predicted molar refractivity (Wildman–Crippen MR) is 112 cm³/mol. The summed E-state index contributed by atoms with van der Waals surface area (Å²) in [5.74, 6) is -0.453. The van der Waals surface area contributed by atoms with E-state index in [1.54, 1.807) is 31.2 Å². The summed E-state index contributed by atoms with van der Waals surface area (Å²) in [4.78, 5) is 38.1. The maximum atomic E-state index is 13.0. The summed E-state index contributed by atoms with van der Waals surface area (Å²) in [6, 6.07) is 19.6. The minimum atomic E-state index is -1.31. The Morgan fingerprint density at radius 2 is 1.80 bits per heavy atom. The molecule has 0 unspecified atom stereocenters. The monoisotopic (exact) mass is 403 g/mol. The number of urea groups is 1. The maximum absolute atomic E-state index is 13.0. The molecule has 0 bridgehead atoms. The molecule has 7 nitrogen and oxygen atoms in total. The van der Waals surface area contributed by atoms with Gasteiger partial charge in [-0.2, -0.15) is 5.01 Å². The minimum Gasteiger partial charge on any atom is -0.497 e. The lowest BCUT2D eigenvalue weighted by Crippen LogP contribution is -2.48. The number of rotatable bonds is 5. The lowest BCUT2D eigenvalue weighted by atomic mass is 9.92. The number of benzene rings is 3. The van der Waals surface area contributed by atoms with Gasteiger partial charge in [-0.3, -0.25) is 15.0 Å². The van der Waals surface area contributed by atoms with Crippen molar-refractivity contribution in [2.45, 2.75) is 18.9 Å². The quantitative estimate of drug-likeness (QED) is 0.642. The van der Waals surface area contributed by atoms with E-state index in [0.29, 0.717) is 11.3 Å². The van der Waals surface area contributed by atoms with Crippen molar-refractivity contribution in [3.05, 3.63) is 77.9 Å². The Hall–Kier alpha value is -3.87. The topological polar surface area (TPSA) is 87.7 Å². The average Bonchev–Trinajstić information content (AvgIpc) is 2.98. The molecule has 152 valence electrons. The van der Waals surface area contributed by atoms with Crippen molar-refractivity contribution in [2.24, 2.45) is 0 Å². The Balaban J connectivity index is 1.54. The van der Waals surface area contributed by atoms with E-state index in [0.717, 1.165) is 21.3 Å². The summed E-state index contributed by atoms with van der Waals surface area (Å²) < 4.78 is 5.21. The van der Waals surface area contributed by atoms with Crippen molar-refractivity contribution in [1.82, 2.24) is 15.8 Å². The van der Waals surface area contributed by atoms with Gasteiger partial charge in [0.25, 0.3) is 5.91 Å². The molecule has 1 aliphatic rings. The third kappa shape index (κ3) is 3.34. The van der Waals surface area contributed by atoms with Gasteiger partial charge in [0.1, 0.15) is 11.3 Å². The summed E-state index contributed by atoms with van der Waals surface area (Å²) >= 11 is 0. The van der Waals surface area contributed by atoms with Gasteiger partial charge in [0.2, 0.25) is 5.91 Å². The second-order valence-corrected chi connectivity index (χ2v) is 7.28. The van der Waals surface area contributed by atoms with Gasteiger partial charge < -0.3 is 10.1 Å². The molecule has 1 saturated heterocycles. The van der Waals surface area contributed by atoms with Crippen molar-refractivity contribution in [3.8, 4) is 5.75 Å². The van der Waals surface area contributed by atoms with Gasteiger partial charge >= 0.3 is 6.03 Å². The third-order valence-corrected chi connectivity index (χ3v) is 5.31. The van der Waals surface area contributed by atoms with Crippen LogP contribution >= 0.6 is 0 Å². The molecule has 1 atom stereocenters. The van der Waals surface area contributed by atoms with E-state index in [4.69, 9.17) is 4.74 Å². The van der Waals surface area contributed by atoms with E-state index in [1.165, 1.54) is 7.11 Å². The summed E-state index contributed by atoms with van der Waals surface area (Å²) in [6.07, 6.45) is 0.0360. The molecule has 30 heavy (non-hydrogen) atoms. The number of nitrogens with one attached hydrogen (secondary N) is 2. The van der Waals surface area contributed by atoms with Gasteiger partial charge in [0.15, 0.2) is 0 Å². The van der Waals surface area contributed by atoms with Gasteiger partial charge in [-0.25, -0.2) is 4.79 Å². The fourth-order valence-electron chi connectivity index (χ4n) is 3.65. The van der Waals surface area contributed by atoms with Gasteiger partial charge in [0.05, 0.1) is 13.5 Å². The Morgan fingerprint density at radius 3 is 2.60 bits per heavy atom.